The van der Waals surface area contributed by atoms with Crippen LogP contribution in [0.1, 0.15) is 88.2 Å². The van der Waals surface area contributed by atoms with E-state index in [1.165, 1.54) is 0 Å². The minimum Gasteiger partial charge on any atom is -0.393 e. The zero-order valence-electron chi connectivity index (χ0n) is 23.7. The molecule has 0 amide bonds. The van der Waals surface area contributed by atoms with Crippen LogP contribution in [0.15, 0.2) is 30.4 Å². The molecule has 2 saturated carbocycles. The first kappa shape index (κ1) is 34.0. The third-order valence-corrected chi connectivity index (χ3v) is 10.6. The van der Waals surface area contributed by atoms with Crippen LogP contribution in [0.5, 0.6) is 0 Å². The predicted molar refractivity (Wildman–Crippen MR) is 145 cm³/mol. The molecule has 4 rings (SSSR count). The molecular weight excluding hydrogens is 607 g/mol. The number of unbranched alkanes of at least 4 members (excludes halogenated alkanes) is 3. The number of benzene rings is 1. The van der Waals surface area contributed by atoms with Gasteiger partial charge in [0.1, 0.15) is 6.10 Å². The Kier molecular flexibility index (Phi) is 9.32. The van der Waals surface area contributed by atoms with E-state index in [1.807, 2.05) is 12.1 Å². The average molecular weight is 646 g/mol. The van der Waals surface area contributed by atoms with Crippen molar-refractivity contribution in [3.8, 4) is 0 Å². The minimum absolute atomic E-state index is 0.0864. The van der Waals surface area contributed by atoms with Crippen molar-refractivity contribution >= 4 is 16.0 Å². The fourth-order valence-electron chi connectivity index (χ4n) is 7.90. The molecule has 0 radical (unpaired) electrons. The first-order valence-electron chi connectivity index (χ1n) is 14.5. The van der Waals surface area contributed by atoms with Gasteiger partial charge in [0.25, 0.3) is 0 Å². The van der Waals surface area contributed by atoms with Crippen molar-refractivity contribution < 1.29 is 53.9 Å². The van der Waals surface area contributed by atoms with Gasteiger partial charge >= 0.3 is 28.3 Å². The third-order valence-electron chi connectivity index (χ3n) is 10.1. The van der Waals surface area contributed by atoms with Gasteiger partial charge in [-0.3, -0.25) is 9.27 Å². The first-order chi connectivity index (χ1) is 19.8. The molecule has 0 spiro atoms. The number of aliphatic hydroxyl groups is 2. The highest BCUT2D eigenvalue weighted by atomic mass is 32.2. The first-order valence-corrected chi connectivity index (χ1v) is 15.9. The van der Waals surface area contributed by atoms with Crippen LogP contribution >= 0.6 is 0 Å². The second-order valence-corrected chi connectivity index (χ2v) is 13.8. The fourth-order valence-corrected chi connectivity index (χ4v) is 8.33. The lowest BCUT2D eigenvalue weighted by atomic mass is 9.47. The van der Waals surface area contributed by atoms with Crippen molar-refractivity contribution in [1.29, 1.82) is 0 Å². The molecule has 43 heavy (non-hydrogen) atoms. The maximum atomic E-state index is 13.7. The standard InChI is InChI=1S/C29H38F7NO5S/c1-25-15-13-21-20-9-8-19(37-43(40,41)42)17-18(20)12-16-26(21,22(25)10-11-23(25)38)14-6-4-2-3-5-7-24(39)27(30,31)28(32,33)29(34,35)36/h6,8-9,14,17,21-24,37-39H,2-5,7,10-13,15-16H2,1H3,(H,40,41,42)/t21?,22?,23-,24-,25-,26?/m0/s1. The quantitative estimate of drug-likeness (QED) is 0.0883. The Labute approximate surface area is 246 Å². The molecule has 0 heterocycles. The highest BCUT2D eigenvalue weighted by molar-refractivity contribution is 7.87. The van der Waals surface area contributed by atoms with Gasteiger partial charge in [-0.2, -0.15) is 39.2 Å². The summed E-state index contributed by atoms with van der Waals surface area (Å²) in [6.07, 6.45) is -1.35. The van der Waals surface area contributed by atoms with Crippen LogP contribution in [0.2, 0.25) is 0 Å². The highest BCUT2D eigenvalue weighted by Gasteiger charge is 2.75. The van der Waals surface area contributed by atoms with E-state index < -0.39 is 47.0 Å². The van der Waals surface area contributed by atoms with Crippen LogP contribution in [0.25, 0.3) is 0 Å². The van der Waals surface area contributed by atoms with Gasteiger partial charge in [0.05, 0.1) is 11.8 Å². The van der Waals surface area contributed by atoms with E-state index in [9.17, 15) is 49.4 Å². The van der Waals surface area contributed by atoms with E-state index in [0.29, 0.717) is 25.7 Å². The molecule has 6 atom stereocenters. The minimum atomic E-state index is -6.48. The van der Waals surface area contributed by atoms with Crippen molar-refractivity contribution in [2.45, 2.75) is 114 Å². The van der Waals surface area contributed by atoms with Gasteiger partial charge in [-0.05, 0) is 104 Å². The number of aryl methyl sites for hydroxylation is 1. The van der Waals surface area contributed by atoms with Crippen LogP contribution in [0.4, 0.5) is 36.4 Å². The number of hydrogen-bond acceptors (Lipinski definition) is 4. The van der Waals surface area contributed by atoms with Crippen LogP contribution in [-0.2, 0) is 16.7 Å². The molecule has 3 unspecified atom stereocenters. The Morgan fingerprint density at radius 2 is 1.74 bits per heavy atom. The van der Waals surface area contributed by atoms with Crippen molar-refractivity contribution in [2.24, 2.45) is 16.7 Å². The second-order valence-electron chi connectivity index (χ2n) is 12.6. The van der Waals surface area contributed by atoms with E-state index in [4.69, 9.17) is 4.55 Å². The van der Waals surface area contributed by atoms with Crippen molar-refractivity contribution in [3.05, 3.63) is 41.5 Å². The number of halogens is 7. The SMILES string of the molecule is C[C@]12CCC3c4ccc(NS(=O)(=O)O)cc4CCC3(C=CCCCCC[C@H](O)C(F)(F)C(F)(F)C(F)(F)F)C1CC[C@@H]2O. The molecule has 14 heteroatoms. The second kappa shape index (κ2) is 11.8. The molecule has 4 N–H and O–H groups in total. The molecular formula is C29H38F7NO5S. The molecule has 6 nitrogen and oxygen atoms in total. The highest BCUT2D eigenvalue weighted by Crippen LogP contribution is 2.67. The summed E-state index contributed by atoms with van der Waals surface area (Å²) < 4.78 is 125. The van der Waals surface area contributed by atoms with Gasteiger partial charge in [0.15, 0.2) is 0 Å². The van der Waals surface area contributed by atoms with Gasteiger partial charge < -0.3 is 10.2 Å². The molecule has 3 aliphatic carbocycles. The van der Waals surface area contributed by atoms with Crippen molar-refractivity contribution in [2.75, 3.05) is 4.72 Å². The Hall–Kier alpha value is -1.90. The van der Waals surface area contributed by atoms with Crippen molar-refractivity contribution in [3.63, 3.8) is 0 Å². The van der Waals surface area contributed by atoms with E-state index in [0.717, 1.165) is 36.8 Å². The summed E-state index contributed by atoms with van der Waals surface area (Å²) in [5.41, 5.74) is 1.70. The lowest BCUT2D eigenvalue weighted by Gasteiger charge is -2.57. The number of allylic oxidation sites excluding steroid dienone is 2. The predicted octanol–water partition coefficient (Wildman–Crippen LogP) is 7.19. The molecule has 0 aromatic heterocycles. The summed E-state index contributed by atoms with van der Waals surface area (Å²) in [7, 11) is -4.43. The summed E-state index contributed by atoms with van der Waals surface area (Å²) in [6, 6.07) is 5.19. The number of nitrogens with one attached hydrogen (secondary N) is 1. The smallest absolute Gasteiger partial charge is 0.393 e. The maximum Gasteiger partial charge on any atom is 0.459 e. The number of rotatable bonds is 11. The third kappa shape index (κ3) is 6.30. The van der Waals surface area contributed by atoms with Crippen LogP contribution in [0, 0.1) is 16.7 Å². The maximum absolute atomic E-state index is 13.7. The van der Waals surface area contributed by atoms with Crippen LogP contribution in [0.3, 0.4) is 0 Å². The summed E-state index contributed by atoms with van der Waals surface area (Å²) in [5.74, 6) is -11.7. The zero-order valence-corrected chi connectivity index (χ0v) is 24.5. The Bertz CT molecular complexity index is 1300. The lowest BCUT2D eigenvalue weighted by molar-refractivity contribution is -0.371. The fraction of sp³-hybridized carbons (Fsp3) is 0.724. The average Bonchev–Trinajstić information content (AvgIpc) is 3.20. The molecule has 0 saturated heterocycles. The van der Waals surface area contributed by atoms with E-state index in [2.05, 4.69) is 17.7 Å². The van der Waals surface area contributed by atoms with Gasteiger partial charge in [-0.1, -0.05) is 38.0 Å². The van der Waals surface area contributed by atoms with Gasteiger partial charge in [0.2, 0.25) is 0 Å². The number of hydrogen-bond donors (Lipinski definition) is 4. The monoisotopic (exact) mass is 645 g/mol. The molecule has 3 aliphatic rings. The normalized spacial score (nSPS) is 30.5. The van der Waals surface area contributed by atoms with Crippen LogP contribution < -0.4 is 4.72 Å². The van der Waals surface area contributed by atoms with Crippen LogP contribution in [-0.4, -0.2) is 53.4 Å². The van der Waals surface area contributed by atoms with Gasteiger partial charge in [0, 0.05) is 0 Å². The Balaban J connectivity index is 1.44. The van der Waals surface area contributed by atoms with Gasteiger partial charge in [-0.25, -0.2) is 0 Å². The Morgan fingerprint density at radius 1 is 1.05 bits per heavy atom. The largest absolute Gasteiger partial charge is 0.459 e. The number of aliphatic hydroxyl groups excluding tert-OH is 2. The molecule has 0 bridgehead atoms. The van der Waals surface area contributed by atoms with Crippen molar-refractivity contribution in [1.82, 2.24) is 0 Å². The summed E-state index contributed by atoms with van der Waals surface area (Å²) in [5, 5.41) is 20.3. The van der Waals surface area contributed by atoms with Gasteiger partial charge in [-0.15, -0.1) is 0 Å². The molecule has 1 aromatic rings. The topological polar surface area (TPSA) is 107 Å². The lowest BCUT2D eigenvalue weighted by Crippen LogP contribution is -2.57. The molecule has 0 aliphatic heterocycles. The zero-order chi connectivity index (χ0) is 32.1. The Morgan fingerprint density at radius 3 is 2.40 bits per heavy atom. The van der Waals surface area contributed by atoms with E-state index >= 15 is 0 Å². The molecule has 1 aromatic carbocycles. The van der Waals surface area contributed by atoms with E-state index in [1.54, 1.807) is 12.1 Å². The van der Waals surface area contributed by atoms with E-state index in [-0.39, 0.29) is 41.2 Å². The summed E-state index contributed by atoms with van der Waals surface area (Å²) >= 11 is 0. The summed E-state index contributed by atoms with van der Waals surface area (Å²) in [4.78, 5) is 0. The number of fused-ring (bicyclic) bond motifs is 5. The molecule has 244 valence electrons. The molecule has 2 fully saturated rings. The number of alkyl halides is 7. The number of anilines is 1. The summed E-state index contributed by atoms with van der Waals surface area (Å²) in [6.45, 7) is 2.11.